The van der Waals surface area contributed by atoms with Crippen LogP contribution in [0.2, 0.25) is 0 Å². The summed E-state index contributed by atoms with van der Waals surface area (Å²) in [6.07, 6.45) is -0.455. The number of rotatable bonds is 9. The average molecular weight is 470 g/mol. The predicted octanol–water partition coefficient (Wildman–Crippen LogP) is 4.16. The van der Waals surface area contributed by atoms with Gasteiger partial charge in [-0.05, 0) is 69.9 Å². The monoisotopic (exact) mass is 469 g/mol. The van der Waals surface area contributed by atoms with Crippen molar-refractivity contribution in [2.24, 2.45) is 0 Å². The number of alkyl carbamates (subject to hydrolysis) is 1. The lowest BCUT2D eigenvalue weighted by molar-refractivity contribution is -0.121. The molecule has 0 bridgehead atoms. The van der Waals surface area contributed by atoms with Crippen LogP contribution in [-0.2, 0) is 20.9 Å². The van der Waals surface area contributed by atoms with Gasteiger partial charge >= 0.3 is 6.09 Å². The van der Waals surface area contributed by atoms with E-state index in [4.69, 9.17) is 9.47 Å². The second-order valence-corrected chi connectivity index (χ2v) is 9.10. The Balaban J connectivity index is 1.84. The van der Waals surface area contributed by atoms with Gasteiger partial charge in [0, 0.05) is 25.2 Å². The Morgan fingerprint density at radius 1 is 0.882 bits per heavy atom. The van der Waals surface area contributed by atoms with E-state index >= 15 is 0 Å². The molecule has 2 aromatic carbocycles. The molecule has 8 nitrogen and oxygen atoms in total. The van der Waals surface area contributed by atoms with E-state index in [1.54, 1.807) is 32.9 Å². The van der Waals surface area contributed by atoms with Crippen molar-refractivity contribution in [2.45, 2.75) is 60.1 Å². The molecule has 8 heteroatoms. The SMILES string of the molecule is Cc1ccc(C)c(OCC(=O)Nc2ccccc2CNC(=O)CCNC(=O)OC(C)(C)C)c1C. The van der Waals surface area contributed by atoms with Crippen molar-refractivity contribution in [1.29, 1.82) is 0 Å². The lowest BCUT2D eigenvalue weighted by Crippen LogP contribution is -2.35. The van der Waals surface area contributed by atoms with Gasteiger partial charge in [0.2, 0.25) is 5.91 Å². The van der Waals surface area contributed by atoms with Crippen LogP contribution >= 0.6 is 0 Å². The third-order valence-corrected chi connectivity index (χ3v) is 5.01. The molecule has 0 saturated carbocycles. The third kappa shape index (κ3) is 8.77. The van der Waals surface area contributed by atoms with Crippen molar-refractivity contribution in [3.05, 3.63) is 58.7 Å². The molecule has 34 heavy (non-hydrogen) atoms. The lowest BCUT2D eigenvalue weighted by atomic mass is 10.1. The van der Waals surface area contributed by atoms with Crippen molar-refractivity contribution in [3.63, 3.8) is 0 Å². The molecule has 3 N–H and O–H groups in total. The highest BCUT2D eigenvalue weighted by atomic mass is 16.6. The molecule has 0 atom stereocenters. The van der Waals surface area contributed by atoms with Crippen LogP contribution in [0, 0.1) is 20.8 Å². The summed E-state index contributed by atoms with van der Waals surface area (Å²) in [4.78, 5) is 36.3. The largest absolute Gasteiger partial charge is 0.483 e. The van der Waals surface area contributed by atoms with Crippen LogP contribution in [0.3, 0.4) is 0 Å². The number of aryl methyl sites for hydroxylation is 2. The summed E-state index contributed by atoms with van der Waals surface area (Å²) in [6, 6.07) is 11.2. The van der Waals surface area contributed by atoms with E-state index in [0.29, 0.717) is 5.69 Å². The molecule has 0 spiro atoms. The van der Waals surface area contributed by atoms with Gasteiger partial charge in [0.15, 0.2) is 6.61 Å². The van der Waals surface area contributed by atoms with Crippen LogP contribution in [-0.4, -0.2) is 36.7 Å². The van der Waals surface area contributed by atoms with Gasteiger partial charge in [0.1, 0.15) is 11.4 Å². The minimum Gasteiger partial charge on any atom is -0.483 e. The quantitative estimate of drug-likeness (QED) is 0.511. The summed E-state index contributed by atoms with van der Waals surface area (Å²) in [5.74, 6) is 0.197. The van der Waals surface area contributed by atoms with Crippen LogP contribution in [0.15, 0.2) is 36.4 Å². The second-order valence-electron chi connectivity index (χ2n) is 9.10. The van der Waals surface area contributed by atoms with E-state index in [0.717, 1.165) is 28.0 Å². The normalized spacial score (nSPS) is 10.9. The Morgan fingerprint density at radius 2 is 1.56 bits per heavy atom. The number of amides is 3. The van der Waals surface area contributed by atoms with E-state index < -0.39 is 11.7 Å². The summed E-state index contributed by atoms with van der Waals surface area (Å²) in [5.41, 5.74) is 3.84. The number of ether oxygens (including phenoxy) is 2. The maximum Gasteiger partial charge on any atom is 0.407 e. The lowest BCUT2D eigenvalue weighted by Gasteiger charge is -2.19. The highest BCUT2D eigenvalue weighted by Crippen LogP contribution is 2.25. The van der Waals surface area contributed by atoms with Crippen molar-refractivity contribution in [1.82, 2.24) is 10.6 Å². The van der Waals surface area contributed by atoms with Crippen molar-refractivity contribution >= 4 is 23.6 Å². The second kappa shape index (κ2) is 12.1. The first-order valence-corrected chi connectivity index (χ1v) is 11.3. The Labute approximate surface area is 201 Å². The standard InChI is InChI=1S/C26H35N3O5/c1-17-11-12-18(2)24(19(17)3)33-16-23(31)29-21-10-8-7-9-20(21)15-28-22(30)13-14-27-25(32)34-26(4,5)6/h7-12H,13-16H2,1-6H3,(H,27,32)(H,28,30)(H,29,31). The van der Waals surface area contributed by atoms with Crippen LogP contribution in [0.25, 0.3) is 0 Å². The van der Waals surface area contributed by atoms with E-state index in [-0.39, 0.29) is 37.9 Å². The van der Waals surface area contributed by atoms with Gasteiger partial charge in [-0.1, -0.05) is 30.3 Å². The van der Waals surface area contributed by atoms with Crippen molar-refractivity contribution in [3.8, 4) is 5.75 Å². The fourth-order valence-corrected chi connectivity index (χ4v) is 3.14. The van der Waals surface area contributed by atoms with Crippen LogP contribution in [0.1, 0.15) is 49.4 Å². The Morgan fingerprint density at radius 3 is 2.26 bits per heavy atom. The topological polar surface area (TPSA) is 106 Å². The first-order chi connectivity index (χ1) is 16.0. The Hall–Kier alpha value is -3.55. The number of benzene rings is 2. The van der Waals surface area contributed by atoms with E-state index in [1.165, 1.54) is 0 Å². The number of nitrogens with one attached hydrogen (secondary N) is 3. The fraction of sp³-hybridized carbons (Fsp3) is 0.423. The minimum absolute atomic E-state index is 0.108. The molecular weight excluding hydrogens is 434 g/mol. The maximum absolute atomic E-state index is 12.5. The summed E-state index contributed by atoms with van der Waals surface area (Å²) in [7, 11) is 0. The number of para-hydroxylation sites is 1. The van der Waals surface area contributed by atoms with Crippen LogP contribution in [0.5, 0.6) is 5.75 Å². The van der Waals surface area contributed by atoms with Gasteiger partial charge in [0.25, 0.3) is 5.91 Å². The average Bonchev–Trinajstić information content (AvgIpc) is 2.74. The molecule has 2 rings (SSSR count). The number of hydrogen-bond donors (Lipinski definition) is 3. The zero-order chi connectivity index (χ0) is 25.3. The highest BCUT2D eigenvalue weighted by Gasteiger charge is 2.16. The summed E-state index contributed by atoms with van der Waals surface area (Å²) >= 11 is 0. The molecule has 0 heterocycles. The molecule has 0 saturated heterocycles. The number of anilines is 1. The summed E-state index contributed by atoms with van der Waals surface area (Å²) in [6.45, 7) is 11.5. The van der Waals surface area contributed by atoms with Crippen molar-refractivity contribution in [2.75, 3.05) is 18.5 Å². The number of hydrogen-bond acceptors (Lipinski definition) is 5. The van der Waals surface area contributed by atoms with Crippen molar-refractivity contribution < 1.29 is 23.9 Å². The van der Waals surface area contributed by atoms with E-state index in [1.807, 2.05) is 45.0 Å². The highest BCUT2D eigenvalue weighted by molar-refractivity contribution is 5.92. The molecule has 0 aliphatic heterocycles. The van der Waals surface area contributed by atoms with Gasteiger partial charge in [-0.15, -0.1) is 0 Å². The van der Waals surface area contributed by atoms with Gasteiger partial charge in [0.05, 0.1) is 0 Å². The first-order valence-electron chi connectivity index (χ1n) is 11.3. The molecule has 0 aromatic heterocycles. The summed E-state index contributed by atoms with van der Waals surface area (Å²) in [5, 5.41) is 8.20. The molecule has 3 amide bonds. The fourth-order valence-electron chi connectivity index (χ4n) is 3.14. The van der Waals surface area contributed by atoms with Gasteiger partial charge in [-0.25, -0.2) is 4.79 Å². The molecule has 0 fully saturated rings. The molecule has 0 unspecified atom stereocenters. The summed E-state index contributed by atoms with van der Waals surface area (Å²) < 4.78 is 10.9. The van der Waals surface area contributed by atoms with Crippen LogP contribution < -0.4 is 20.7 Å². The van der Waals surface area contributed by atoms with Crippen LogP contribution in [0.4, 0.5) is 10.5 Å². The maximum atomic E-state index is 12.5. The smallest absolute Gasteiger partial charge is 0.407 e. The minimum atomic E-state index is -0.594. The molecule has 0 aliphatic rings. The van der Waals surface area contributed by atoms with Gasteiger partial charge in [-0.2, -0.15) is 0 Å². The zero-order valence-corrected chi connectivity index (χ0v) is 20.8. The number of carbonyl (C=O) groups excluding carboxylic acids is 3. The van der Waals surface area contributed by atoms with E-state index in [9.17, 15) is 14.4 Å². The molecular formula is C26H35N3O5. The molecule has 2 aromatic rings. The first kappa shape index (κ1) is 26.7. The Kier molecular flexibility index (Phi) is 9.47. The van der Waals surface area contributed by atoms with E-state index in [2.05, 4.69) is 16.0 Å². The van der Waals surface area contributed by atoms with Gasteiger partial charge in [-0.3, -0.25) is 9.59 Å². The molecule has 184 valence electrons. The Bertz CT molecular complexity index is 1030. The number of carbonyl (C=O) groups is 3. The molecule has 0 aliphatic carbocycles. The zero-order valence-electron chi connectivity index (χ0n) is 20.8. The van der Waals surface area contributed by atoms with Gasteiger partial charge < -0.3 is 25.4 Å². The molecule has 0 radical (unpaired) electrons. The third-order valence-electron chi connectivity index (χ3n) is 5.01. The predicted molar refractivity (Wildman–Crippen MR) is 132 cm³/mol.